The SMILES string of the molecule is CCCNC(C)c1cccnc1N(C)CCS(C)(=O)=O. The van der Waals surface area contributed by atoms with E-state index in [1.807, 2.05) is 24.1 Å². The van der Waals surface area contributed by atoms with E-state index in [1.54, 1.807) is 6.20 Å². The maximum Gasteiger partial charge on any atom is 0.149 e. The Kier molecular flexibility index (Phi) is 6.42. The van der Waals surface area contributed by atoms with Gasteiger partial charge in [0.15, 0.2) is 0 Å². The minimum Gasteiger partial charge on any atom is -0.358 e. The lowest BCUT2D eigenvalue weighted by Crippen LogP contribution is -2.28. The number of nitrogens with one attached hydrogen (secondary N) is 1. The first-order valence-electron chi connectivity index (χ1n) is 6.92. The molecule has 0 bridgehead atoms. The Balaban J connectivity index is 2.83. The van der Waals surface area contributed by atoms with Crippen LogP contribution in [0.25, 0.3) is 0 Å². The van der Waals surface area contributed by atoms with Gasteiger partial charge < -0.3 is 10.2 Å². The Morgan fingerprint density at radius 2 is 2.15 bits per heavy atom. The molecule has 114 valence electrons. The van der Waals surface area contributed by atoms with Crippen LogP contribution in [0, 0.1) is 0 Å². The number of sulfone groups is 1. The van der Waals surface area contributed by atoms with Gasteiger partial charge in [0.1, 0.15) is 15.7 Å². The molecule has 5 nitrogen and oxygen atoms in total. The van der Waals surface area contributed by atoms with Crippen molar-refractivity contribution >= 4 is 15.7 Å². The first-order chi connectivity index (χ1) is 9.35. The summed E-state index contributed by atoms with van der Waals surface area (Å²) in [4.78, 5) is 6.30. The molecule has 0 amide bonds. The van der Waals surface area contributed by atoms with Crippen LogP contribution in [0.2, 0.25) is 0 Å². The highest BCUT2D eigenvalue weighted by Gasteiger charge is 2.15. The zero-order chi connectivity index (χ0) is 15.2. The Morgan fingerprint density at radius 3 is 2.75 bits per heavy atom. The van der Waals surface area contributed by atoms with Gasteiger partial charge in [0, 0.05) is 37.7 Å². The second-order valence-corrected chi connectivity index (χ2v) is 7.40. The third kappa shape index (κ3) is 5.46. The molecule has 0 fully saturated rings. The molecule has 0 aliphatic rings. The van der Waals surface area contributed by atoms with Crippen molar-refractivity contribution in [2.75, 3.05) is 37.0 Å². The van der Waals surface area contributed by atoms with Gasteiger partial charge in [-0.1, -0.05) is 13.0 Å². The molecule has 0 radical (unpaired) electrons. The molecule has 0 aliphatic carbocycles. The summed E-state index contributed by atoms with van der Waals surface area (Å²) in [5, 5.41) is 3.43. The van der Waals surface area contributed by atoms with Gasteiger partial charge in [-0.15, -0.1) is 0 Å². The molecular formula is C14H25N3O2S. The summed E-state index contributed by atoms with van der Waals surface area (Å²) in [7, 11) is -1.08. The Labute approximate surface area is 122 Å². The summed E-state index contributed by atoms with van der Waals surface area (Å²) >= 11 is 0. The number of anilines is 1. The van der Waals surface area contributed by atoms with Gasteiger partial charge in [-0.2, -0.15) is 0 Å². The van der Waals surface area contributed by atoms with Gasteiger partial charge in [0.25, 0.3) is 0 Å². The fraction of sp³-hybridized carbons (Fsp3) is 0.643. The summed E-state index contributed by atoms with van der Waals surface area (Å²) in [6.45, 7) is 5.62. The monoisotopic (exact) mass is 299 g/mol. The molecule has 0 aromatic carbocycles. The average Bonchev–Trinajstić information content (AvgIpc) is 2.41. The van der Waals surface area contributed by atoms with Crippen LogP contribution in [0.5, 0.6) is 0 Å². The fourth-order valence-corrected chi connectivity index (χ4v) is 2.55. The third-order valence-corrected chi connectivity index (χ3v) is 4.07. The van der Waals surface area contributed by atoms with Crippen molar-refractivity contribution in [3.63, 3.8) is 0 Å². The molecule has 1 aromatic heterocycles. The lowest BCUT2D eigenvalue weighted by atomic mass is 10.1. The number of hydrogen-bond acceptors (Lipinski definition) is 5. The second-order valence-electron chi connectivity index (χ2n) is 5.14. The third-order valence-electron chi connectivity index (χ3n) is 3.14. The van der Waals surface area contributed by atoms with E-state index in [0.717, 1.165) is 24.3 Å². The van der Waals surface area contributed by atoms with Gasteiger partial charge in [-0.3, -0.25) is 0 Å². The summed E-state index contributed by atoms with van der Waals surface area (Å²) in [6.07, 6.45) is 4.07. The highest BCUT2D eigenvalue weighted by molar-refractivity contribution is 7.90. The number of pyridine rings is 1. The normalized spacial score (nSPS) is 13.2. The van der Waals surface area contributed by atoms with Crippen molar-refractivity contribution in [2.24, 2.45) is 0 Å². The van der Waals surface area contributed by atoms with Crippen LogP contribution in [0.1, 0.15) is 31.9 Å². The van der Waals surface area contributed by atoms with Crippen molar-refractivity contribution in [3.8, 4) is 0 Å². The molecule has 0 saturated heterocycles. The van der Waals surface area contributed by atoms with E-state index in [2.05, 4.69) is 24.1 Å². The van der Waals surface area contributed by atoms with Gasteiger partial charge in [-0.05, 0) is 26.0 Å². The van der Waals surface area contributed by atoms with E-state index in [4.69, 9.17) is 0 Å². The van der Waals surface area contributed by atoms with Gasteiger partial charge >= 0.3 is 0 Å². The maximum atomic E-state index is 11.3. The zero-order valence-electron chi connectivity index (χ0n) is 12.8. The smallest absolute Gasteiger partial charge is 0.149 e. The lowest BCUT2D eigenvalue weighted by molar-refractivity contribution is 0.568. The molecule has 1 N–H and O–H groups in total. The van der Waals surface area contributed by atoms with Crippen LogP contribution in [-0.2, 0) is 9.84 Å². The molecule has 1 aromatic rings. The standard InChI is InChI=1S/C14H25N3O2S/c1-5-8-15-12(2)13-7-6-9-16-14(13)17(3)10-11-20(4,18)19/h6-7,9,12,15H,5,8,10-11H2,1-4H3. The summed E-state index contributed by atoms with van der Waals surface area (Å²) in [5.41, 5.74) is 1.09. The van der Waals surface area contributed by atoms with Gasteiger partial charge in [-0.25, -0.2) is 13.4 Å². The molecule has 1 heterocycles. The van der Waals surface area contributed by atoms with Crippen LogP contribution in [-0.4, -0.2) is 45.5 Å². The number of nitrogens with zero attached hydrogens (tertiary/aromatic N) is 2. The van der Waals surface area contributed by atoms with E-state index >= 15 is 0 Å². The predicted molar refractivity (Wildman–Crippen MR) is 83.9 cm³/mol. The summed E-state index contributed by atoms with van der Waals surface area (Å²) in [5.74, 6) is 0.975. The highest BCUT2D eigenvalue weighted by Crippen LogP contribution is 2.22. The van der Waals surface area contributed by atoms with Crippen LogP contribution in [0.4, 0.5) is 5.82 Å². The van der Waals surface area contributed by atoms with Crippen LogP contribution in [0.15, 0.2) is 18.3 Å². The van der Waals surface area contributed by atoms with E-state index in [-0.39, 0.29) is 11.8 Å². The molecule has 0 saturated carbocycles. The van der Waals surface area contributed by atoms with Crippen molar-refractivity contribution in [1.29, 1.82) is 0 Å². The van der Waals surface area contributed by atoms with Gasteiger partial charge in [0.2, 0.25) is 0 Å². The summed E-state index contributed by atoms with van der Waals surface area (Å²) in [6, 6.07) is 4.14. The topological polar surface area (TPSA) is 62.3 Å². The van der Waals surface area contributed by atoms with Crippen LogP contribution in [0.3, 0.4) is 0 Å². The number of hydrogen-bond donors (Lipinski definition) is 1. The molecule has 6 heteroatoms. The Morgan fingerprint density at radius 1 is 1.45 bits per heavy atom. The molecular weight excluding hydrogens is 274 g/mol. The minimum atomic E-state index is -2.96. The minimum absolute atomic E-state index is 0.135. The lowest BCUT2D eigenvalue weighted by Gasteiger charge is -2.24. The van der Waals surface area contributed by atoms with E-state index in [9.17, 15) is 8.42 Å². The average molecular weight is 299 g/mol. The van der Waals surface area contributed by atoms with Crippen molar-refractivity contribution < 1.29 is 8.42 Å². The Hall–Kier alpha value is -1.14. The first-order valence-corrected chi connectivity index (χ1v) is 8.98. The number of rotatable bonds is 8. The van der Waals surface area contributed by atoms with Crippen LogP contribution < -0.4 is 10.2 Å². The Bertz CT molecular complexity index is 517. The largest absolute Gasteiger partial charge is 0.358 e. The molecule has 1 unspecified atom stereocenters. The molecule has 1 rings (SSSR count). The molecule has 0 aliphatic heterocycles. The predicted octanol–water partition coefficient (Wildman–Crippen LogP) is 1.62. The van der Waals surface area contributed by atoms with E-state index in [0.29, 0.717) is 6.54 Å². The maximum absolute atomic E-state index is 11.3. The van der Waals surface area contributed by atoms with Crippen molar-refractivity contribution in [1.82, 2.24) is 10.3 Å². The van der Waals surface area contributed by atoms with E-state index in [1.165, 1.54) is 6.26 Å². The highest BCUT2D eigenvalue weighted by atomic mass is 32.2. The zero-order valence-corrected chi connectivity index (χ0v) is 13.6. The second kappa shape index (κ2) is 7.59. The van der Waals surface area contributed by atoms with Crippen molar-refractivity contribution in [3.05, 3.63) is 23.9 Å². The molecule has 20 heavy (non-hydrogen) atoms. The number of aromatic nitrogens is 1. The fourth-order valence-electron chi connectivity index (χ4n) is 1.95. The van der Waals surface area contributed by atoms with E-state index < -0.39 is 9.84 Å². The molecule has 0 spiro atoms. The van der Waals surface area contributed by atoms with Crippen LogP contribution >= 0.6 is 0 Å². The van der Waals surface area contributed by atoms with Gasteiger partial charge in [0.05, 0.1) is 5.75 Å². The molecule has 1 atom stereocenters. The summed E-state index contributed by atoms with van der Waals surface area (Å²) < 4.78 is 22.5. The van der Waals surface area contributed by atoms with Crippen molar-refractivity contribution in [2.45, 2.75) is 26.3 Å². The quantitative estimate of drug-likeness (QED) is 0.790. The first kappa shape index (κ1) is 16.9.